The summed E-state index contributed by atoms with van der Waals surface area (Å²) in [5.74, 6) is 0.930. The average Bonchev–Trinajstić information content (AvgIpc) is 2.29. The van der Waals surface area contributed by atoms with Crippen LogP contribution in [0.5, 0.6) is 5.75 Å². The van der Waals surface area contributed by atoms with E-state index in [9.17, 15) is 0 Å². The Bertz CT molecular complexity index is 396. The third-order valence-electron chi connectivity index (χ3n) is 2.66. The first kappa shape index (κ1) is 15.1. The Morgan fingerprint density at radius 3 is 2.72 bits per heavy atom. The predicted molar refractivity (Wildman–Crippen MR) is 77.5 cm³/mol. The van der Waals surface area contributed by atoms with Crippen LogP contribution in [0.4, 0.5) is 0 Å². The predicted octanol–water partition coefficient (Wildman–Crippen LogP) is 2.77. The molecule has 3 heteroatoms. The van der Waals surface area contributed by atoms with Crippen molar-refractivity contribution < 1.29 is 10.1 Å². The SMILES string of the molecule is C=CC[NH2+]CCOc1ccc(Cl)cc1C(C)(C)C. The zero-order valence-electron chi connectivity index (χ0n) is 11.5. The molecule has 0 bridgehead atoms. The minimum atomic E-state index is 0.0328. The molecule has 0 aliphatic rings. The van der Waals surface area contributed by atoms with Crippen molar-refractivity contribution in [2.75, 3.05) is 19.7 Å². The highest BCUT2D eigenvalue weighted by molar-refractivity contribution is 6.30. The van der Waals surface area contributed by atoms with Crippen molar-refractivity contribution >= 4 is 11.6 Å². The quantitative estimate of drug-likeness (QED) is 0.623. The Balaban J connectivity index is 2.67. The summed E-state index contributed by atoms with van der Waals surface area (Å²) in [4.78, 5) is 0. The normalized spacial score (nSPS) is 11.3. The molecule has 1 aromatic carbocycles. The number of quaternary nitrogens is 1. The maximum Gasteiger partial charge on any atom is 0.137 e. The molecule has 0 saturated carbocycles. The zero-order chi connectivity index (χ0) is 13.6. The molecule has 0 saturated heterocycles. The largest absolute Gasteiger partial charge is 0.487 e. The lowest BCUT2D eigenvalue weighted by Crippen LogP contribution is -2.85. The van der Waals surface area contributed by atoms with Crippen LogP contribution in [0.1, 0.15) is 26.3 Å². The van der Waals surface area contributed by atoms with Gasteiger partial charge in [0.1, 0.15) is 18.9 Å². The van der Waals surface area contributed by atoms with Crippen LogP contribution in [0.2, 0.25) is 5.02 Å². The Labute approximate surface area is 115 Å². The lowest BCUT2D eigenvalue weighted by Gasteiger charge is -2.23. The minimum Gasteiger partial charge on any atom is -0.487 e. The van der Waals surface area contributed by atoms with Gasteiger partial charge in [-0.2, -0.15) is 0 Å². The third kappa shape index (κ3) is 4.71. The summed E-state index contributed by atoms with van der Waals surface area (Å²) >= 11 is 6.05. The molecule has 100 valence electrons. The molecule has 2 N–H and O–H groups in total. The second-order valence-electron chi connectivity index (χ2n) is 5.34. The Kier molecular flexibility index (Phi) is 5.70. The van der Waals surface area contributed by atoms with Gasteiger partial charge in [-0.1, -0.05) is 39.0 Å². The first-order chi connectivity index (χ1) is 8.45. The Hall–Kier alpha value is -0.990. The number of ether oxygens (including phenoxy) is 1. The molecular formula is C15H23ClNO+. The number of benzene rings is 1. The minimum absolute atomic E-state index is 0.0328. The fraction of sp³-hybridized carbons (Fsp3) is 0.467. The Morgan fingerprint density at radius 1 is 1.39 bits per heavy atom. The van der Waals surface area contributed by atoms with E-state index in [1.54, 1.807) is 0 Å². The van der Waals surface area contributed by atoms with Crippen LogP contribution in [0.15, 0.2) is 30.9 Å². The Morgan fingerprint density at radius 2 is 2.11 bits per heavy atom. The van der Waals surface area contributed by atoms with Gasteiger partial charge in [-0.05, 0) is 29.7 Å². The molecule has 0 aromatic heterocycles. The van der Waals surface area contributed by atoms with Crippen LogP contribution in [-0.2, 0) is 5.41 Å². The van der Waals surface area contributed by atoms with E-state index in [0.717, 1.165) is 29.4 Å². The van der Waals surface area contributed by atoms with Gasteiger partial charge < -0.3 is 10.1 Å². The van der Waals surface area contributed by atoms with Crippen LogP contribution in [0, 0.1) is 0 Å². The van der Waals surface area contributed by atoms with Gasteiger partial charge in [0.05, 0.1) is 6.54 Å². The van der Waals surface area contributed by atoms with E-state index < -0.39 is 0 Å². The number of hydrogen-bond donors (Lipinski definition) is 1. The van der Waals surface area contributed by atoms with E-state index >= 15 is 0 Å². The molecular weight excluding hydrogens is 246 g/mol. The molecule has 1 aromatic rings. The van der Waals surface area contributed by atoms with Gasteiger partial charge in [-0.3, -0.25) is 0 Å². The van der Waals surface area contributed by atoms with Crippen molar-refractivity contribution in [2.24, 2.45) is 0 Å². The van der Waals surface area contributed by atoms with Gasteiger partial charge in [0.25, 0.3) is 0 Å². The van der Waals surface area contributed by atoms with Crippen molar-refractivity contribution in [3.8, 4) is 5.75 Å². The molecule has 18 heavy (non-hydrogen) atoms. The summed E-state index contributed by atoms with van der Waals surface area (Å²) in [6, 6.07) is 5.82. The van der Waals surface area contributed by atoms with E-state index in [1.807, 2.05) is 24.3 Å². The van der Waals surface area contributed by atoms with Crippen molar-refractivity contribution in [1.82, 2.24) is 0 Å². The number of nitrogens with two attached hydrogens (primary N) is 1. The standard InChI is InChI=1S/C15H22ClNO/c1-5-8-17-9-10-18-14-7-6-12(16)11-13(14)15(2,3)4/h5-7,11,17H,1,8-10H2,2-4H3/p+1. The third-order valence-corrected chi connectivity index (χ3v) is 2.90. The maximum absolute atomic E-state index is 6.05. The van der Waals surface area contributed by atoms with Crippen LogP contribution in [0.3, 0.4) is 0 Å². The van der Waals surface area contributed by atoms with Gasteiger partial charge in [0.2, 0.25) is 0 Å². The average molecular weight is 269 g/mol. The van der Waals surface area contributed by atoms with Crippen molar-refractivity contribution in [2.45, 2.75) is 26.2 Å². The molecule has 0 aliphatic heterocycles. The first-order valence-electron chi connectivity index (χ1n) is 6.30. The van der Waals surface area contributed by atoms with Gasteiger partial charge in [0, 0.05) is 10.6 Å². The molecule has 1 rings (SSSR count). The molecule has 0 atom stereocenters. The highest BCUT2D eigenvalue weighted by Gasteiger charge is 2.19. The fourth-order valence-corrected chi connectivity index (χ4v) is 1.87. The van der Waals surface area contributed by atoms with E-state index in [1.165, 1.54) is 0 Å². The first-order valence-corrected chi connectivity index (χ1v) is 6.68. The lowest BCUT2D eigenvalue weighted by molar-refractivity contribution is -0.646. The van der Waals surface area contributed by atoms with Gasteiger partial charge in [-0.25, -0.2) is 0 Å². The summed E-state index contributed by atoms with van der Waals surface area (Å²) in [5, 5.41) is 2.92. The fourth-order valence-electron chi connectivity index (χ4n) is 1.70. The lowest BCUT2D eigenvalue weighted by atomic mass is 9.86. The summed E-state index contributed by atoms with van der Waals surface area (Å²) in [6.07, 6.45) is 1.89. The smallest absolute Gasteiger partial charge is 0.137 e. The van der Waals surface area contributed by atoms with E-state index in [-0.39, 0.29) is 5.41 Å². The summed E-state index contributed by atoms with van der Waals surface area (Å²) in [5.41, 5.74) is 1.18. The van der Waals surface area contributed by atoms with E-state index in [4.69, 9.17) is 16.3 Å². The van der Waals surface area contributed by atoms with Gasteiger partial charge in [0.15, 0.2) is 0 Å². The number of hydrogen-bond acceptors (Lipinski definition) is 1. The maximum atomic E-state index is 6.05. The molecule has 0 amide bonds. The summed E-state index contributed by atoms with van der Waals surface area (Å²) in [6.45, 7) is 12.7. The highest BCUT2D eigenvalue weighted by Crippen LogP contribution is 2.33. The van der Waals surface area contributed by atoms with Crippen molar-refractivity contribution in [3.05, 3.63) is 41.4 Å². The van der Waals surface area contributed by atoms with Crippen LogP contribution in [0.25, 0.3) is 0 Å². The second-order valence-corrected chi connectivity index (χ2v) is 5.78. The van der Waals surface area contributed by atoms with Crippen LogP contribution >= 0.6 is 11.6 Å². The van der Waals surface area contributed by atoms with E-state index in [0.29, 0.717) is 6.61 Å². The zero-order valence-corrected chi connectivity index (χ0v) is 12.3. The summed E-state index contributed by atoms with van der Waals surface area (Å²) in [7, 11) is 0. The number of rotatable bonds is 6. The van der Waals surface area contributed by atoms with Crippen LogP contribution < -0.4 is 10.1 Å². The summed E-state index contributed by atoms with van der Waals surface area (Å²) < 4.78 is 5.84. The van der Waals surface area contributed by atoms with Gasteiger partial charge in [-0.15, -0.1) is 0 Å². The molecule has 0 unspecified atom stereocenters. The highest BCUT2D eigenvalue weighted by atomic mass is 35.5. The second kappa shape index (κ2) is 6.81. The van der Waals surface area contributed by atoms with Crippen molar-refractivity contribution in [1.29, 1.82) is 0 Å². The van der Waals surface area contributed by atoms with Crippen LogP contribution in [-0.4, -0.2) is 19.7 Å². The molecule has 0 heterocycles. The topological polar surface area (TPSA) is 25.8 Å². The van der Waals surface area contributed by atoms with Gasteiger partial charge >= 0.3 is 0 Å². The monoisotopic (exact) mass is 268 g/mol. The van der Waals surface area contributed by atoms with E-state index in [2.05, 4.69) is 32.7 Å². The van der Waals surface area contributed by atoms with Crippen molar-refractivity contribution in [3.63, 3.8) is 0 Å². The molecule has 0 spiro atoms. The molecule has 0 radical (unpaired) electrons. The number of halogens is 1. The molecule has 2 nitrogen and oxygen atoms in total. The molecule has 0 fully saturated rings. The molecule has 0 aliphatic carbocycles.